The Balaban J connectivity index is 3.04. The molecule has 0 radical (unpaired) electrons. The Morgan fingerprint density at radius 1 is 1.20 bits per heavy atom. The van der Waals surface area contributed by atoms with Gasteiger partial charge >= 0.3 is 0 Å². The van der Waals surface area contributed by atoms with Crippen molar-refractivity contribution in [2.75, 3.05) is 11.5 Å². The first-order chi connectivity index (χ1) is 4.56. The van der Waals surface area contributed by atoms with Crippen LogP contribution < -0.4 is 0 Å². The molecule has 0 aliphatic rings. The minimum Gasteiger partial charge on any atom is -0.162 e. The summed E-state index contributed by atoms with van der Waals surface area (Å²) in [6.07, 6.45) is 2.74. The van der Waals surface area contributed by atoms with E-state index in [0.29, 0.717) is 5.41 Å². The lowest BCUT2D eigenvalue weighted by molar-refractivity contribution is 0.375. The molecule has 0 aliphatic heterocycles. The van der Waals surface area contributed by atoms with Crippen LogP contribution in [0.1, 0.15) is 40.5 Å². The van der Waals surface area contributed by atoms with Crippen LogP contribution in [0.2, 0.25) is 0 Å². The Morgan fingerprint density at radius 3 is 2.20 bits per heavy atom. The van der Waals surface area contributed by atoms with Gasteiger partial charge in [0, 0.05) is 0 Å². The fourth-order valence-electron chi connectivity index (χ4n) is 0.849. The summed E-state index contributed by atoms with van der Waals surface area (Å²) in [7, 11) is 0. The molecule has 0 amide bonds. The third-order valence-corrected chi connectivity index (χ3v) is 2.41. The summed E-state index contributed by atoms with van der Waals surface area (Å²) in [4.78, 5) is 0. The van der Waals surface area contributed by atoms with Crippen molar-refractivity contribution in [3.05, 3.63) is 0 Å². The number of hydrogen-bond donors (Lipinski definition) is 0. The van der Waals surface area contributed by atoms with E-state index < -0.39 is 0 Å². The molecule has 0 fully saturated rings. The van der Waals surface area contributed by atoms with Gasteiger partial charge in [0.1, 0.15) is 0 Å². The zero-order chi connectivity index (χ0) is 8.04. The highest BCUT2D eigenvalue weighted by atomic mass is 32.2. The Bertz CT molecular complexity index is 71.3. The minimum absolute atomic E-state index is 0.536. The van der Waals surface area contributed by atoms with Gasteiger partial charge in [-0.1, -0.05) is 27.7 Å². The molecule has 0 aliphatic carbocycles. The highest BCUT2D eigenvalue weighted by molar-refractivity contribution is 7.99. The van der Waals surface area contributed by atoms with Gasteiger partial charge in [-0.3, -0.25) is 0 Å². The molecule has 0 N–H and O–H groups in total. The molecular weight excluding hydrogens is 140 g/mol. The smallest absolute Gasteiger partial charge is 0.00674 e. The van der Waals surface area contributed by atoms with Crippen molar-refractivity contribution >= 4 is 11.8 Å². The summed E-state index contributed by atoms with van der Waals surface area (Å²) in [5.41, 5.74) is 0.536. The van der Waals surface area contributed by atoms with Crippen molar-refractivity contribution in [2.45, 2.75) is 40.5 Å². The molecule has 0 atom stereocenters. The first kappa shape index (κ1) is 10.3. The summed E-state index contributed by atoms with van der Waals surface area (Å²) in [6, 6.07) is 0. The highest BCUT2D eigenvalue weighted by Crippen LogP contribution is 2.21. The van der Waals surface area contributed by atoms with E-state index in [1.807, 2.05) is 11.8 Å². The Kier molecular flexibility index (Phi) is 5.24. The van der Waals surface area contributed by atoms with E-state index in [4.69, 9.17) is 0 Å². The SMILES string of the molecule is CCSCCCC(C)(C)C. The van der Waals surface area contributed by atoms with Crippen LogP contribution in [0.3, 0.4) is 0 Å². The van der Waals surface area contributed by atoms with Gasteiger partial charge in [0.15, 0.2) is 0 Å². The van der Waals surface area contributed by atoms with E-state index in [0.717, 1.165) is 0 Å². The van der Waals surface area contributed by atoms with Crippen molar-refractivity contribution in [2.24, 2.45) is 5.41 Å². The highest BCUT2D eigenvalue weighted by Gasteiger charge is 2.08. The lowest BCUT2D eigenvalue weighted by atomic mass is 9.91. The molecule has 0 saturated carbocycles. The average Bonchev–Trinajstić information content (AvgIpc) is 1.78. The summed E-state index contributed by atoms with van der Waals surface area (Å²) in [5, 5.41) is 0. The summed E-state index contributed by atoms with van der Waals surface area (Å²) in [5.74, 6) is 2.61. The average molecular weight is 160 g/mol. The quantitative estimate of drug-likeness (QED) is 0.567. The maximum Gasteiger partial charge on any atom is -0.00674 e. The van der Waals surface area contributed by atoms with E-state index in [1.165, 1.54) is 24.3 Å². The van der Waals surface area contributed by atoms with Gasteiger partial charge in [-0.05, 0) is 29.8 Å². The Morgan fingerprint density at radius 2 is 1.80 bits per heavy atom. The van der Waals surface area contributed by atoms with Crippen LogP contribution >= 0.6 is 11.8 Å². The van der Waals surface area contributed by atoms with Crippen molar-refractivity contribution in [1.29, 1.82) is 0 Å². The van der Waals surface area contributed by atoms with Gasteiger partial charge in [-0.15, -0.1) is 0 Å². The molecule has 0 spiro atoms. The molecule has 0 aromatic heterocycles. The number of rotatable bonds is 4. The second-order valence-electron chi connectivity index (χ2n) is 3.86. The monoisotopic (exact) mass is 160 g/mol. The first-order valence-electron chi connectivity index (χ1n) is 4.14. The predicted molar refractivity (Wildman–Crippen MR) is 51.7 cm³/mol. The lowest BCUT2D eigenvalue weighted by Crippen LogP contribution is -2.04. The molecule has 10 heavy (non-hydrogen) atoms. The van der Waals surface area contributed by atoms with Crippen LogP contribution in [0.5, 0.6) is 0 Å². The van der Waals surface area contributed by atoms with Crippen molar-refractivity contribution in [3.63, 3.8) is 0 Å². The summed E-state index contributed by atoms with van der Waals surface area (Å²) in [6.45, 7) is 9.15. The van der Waals surface area contributed by atoms with Crippen LogP contribution in [-0.4, -0.2) is 11.5 Å². The Labute approximate surface area is 69.8 Å². The molecule has 0 bridgehead atoms. The number of hydrogen-bond acceptors (Lipinski definition) is 1. The van der Waals surface area contributed by atoms with E-state index in [9.17, 15) is 0 Å². The van der Waals surface area contributed by atoms with Gasteiger partial charge < -0.3 is 0 Å². The van der Waals surface area contributed by atoms with Crippen molar-refractivity contribution in [1.82, 2.24) is 0 Å². The number of thioether (sulfide) groups is 1. The van der Waals surface area contributed by atoms with Gasteiger partial charge in [-0.25, -0.2) is 0 Å². The van der Waals surface area contributed by atoms with Crippen molar-refractivity contribution < 1.29 is 0 Å². The maximum absolute atomic E-state index is 2.31. The minimum atomic E-state index is 0.536. The molecule has 0 nitrogen and oxygen atoms in total. The van der Waals surface area contributed by atoms with E-state index in [1.54, 1.807) is 0 Å². The third-order valence-electron chi connectivity index (χ3n) is 1.42. The Hall–Kier alpha value is 0.350. The molecular formula is C9H20S. The predicted octanol–water partition coefficient (Wildman–Crippen LogP) is 3.57. The van der Waals surface area contributed by atoms with Gasteiger partial charge in [-0.2, -0.15) is 11.8 Å². The maximum atomic E-state index is 2.31. The normalized spacial score (nSPS) is 12.0. The molecule has 0 aromatic rings. The second-order valence-corrected chi connectivity index (χ2v) is 5.25. The molecule has 0 rings (SSSR count). The van der Waals surface area contributed by atoms with Crippen LogP contribution in [0.4, 0.5) is 0 Å². The first-order valence-corrected chi connectivity index (χ1v) is 5.29. The summed E-state index contributed by atoms with van der Waals surface area (Å²) < 4.78 is 0. The van der Waals surface area contributed by atoms with Crippen LogP contribution in [0, 0.1) is 5.41 Å². The molecule has 0 heterocycles. The van der Waals surface area contributed by atoms with Gasteiger partial charge in [0.2, 0.25) is 0 Å². The molecule has 0 saturated heterocycles. The molecule has 0 aromatic carbocycles. The zero-order valence-electron chi connectivity index (χ0n) is 7.74. The van der Waals surface area contributed by atoms with Crippen molar-refractivity contribution in [3.8, 4) is 0 Å². The van der Waals surface area contributed by atoms with Crippen LogP contribution in [-0.2, 0) is 0 Å². The lowest BCUT2D eigenvalue weighted by Gasteiger charge is -2.16. The standard InChI is InChI=1S/C9H20S/c1-5-10-8-6-7-9(2,3)4/h5-8H2,1-4H3. The van der Waals surface area contributed by atoms with Crippen LogP contribution in [0.25, 0.3) is 0 Å². The topological polar surface area (TPSA) is 0 Å². The molecule has 62 valence electrons. The van der Waals surface area contributed by atoms with E-state index in [-0.39, 0.29) is 0 Å². The zero-order valence-corrected chi connectivity index (χ0v) is 8.55. The summed E-state index contributed by atoms with van der Waals surface area (Å²) >= 11 is 2.05. The van der Waals surface area contributed by atoms with Crippen LogP contribution in [0.15, 0.2) is 0 Å². The third kappa shape index (κ3) is 8.35. The second kappa shape index (κ2) is 5.06. The van der Waals surface area contributed by atoms with E-state index in [2.05, 4.69) is 27.7 Å². The molecule has 1 heteroatoms. The van der Waals surface area contributed by atoms with E-state index >= 15 is 0 Å². The van der Waals surface area contributed by atoms with Gasteiger partial charge in [0.05, 0.1) is 0 Å². The fraction of sp³-hybridized carbons (Fsp3) is 1.00. The van der Waals surface area contributed by atoms with Gasteiger partial charge in [0.25, 0.3) is 0 Å². The fourth-order valence-corrected chi connectivity index (χ4v) is 1.49. The molecule has 0 unspecified atom stereocenters. The largest absolute Gasteiger partial charge is 0.162 e.